The zero-order valence-corrected chi connectivity index (χ0v) is 9.54. The highest BCUT2D eigenvalue weighted by Gasteiger charge is 2.23. The molecular weight excluding hydrogens is 203 g/mol. The van der Waals surface area contributed by atoms with E-state index < -0.39 is 0 Å². The molecule has 0 unspecified atom stereocenters. The van der Waals surface area contributed by atoms with E-state index in [1.165, 1.54) is 18.9 Å². The molecule has 16 heavy (non-hydrogen) atoms. The van der Waals surface area contributed by atoms with Crippen molar-refractivity contribution in [3.8, 4) is 0 Å². The Labute approximate surface area is 95.6 Å². The molecule has 1 aromatic rings. The van der Waals surface area contributed by atoms with Gasteiger partial charge in [-0.15, -0.1) is 0 Å². The lowest BCUT2D eigenvalue weighted by Gasteiger charge is -2.24. The maximum absolute atomic E-state index is 13.5. The van der Waals surface area contributed by atoms with Crippen LogP contribution in [0, 0.1) is 17.1 Å². The van der Waals surface area contributed by atoms with E-state index in [2.05, 4.69) is 0 Å². The number of para-hydroxylation sites is 1. The van der Waals surface area contributed by atoms with Gasteiger partial charge in [0.15, 0.2) is 0 Å². The molecule has 0 saturated heterocycles. The van der Waals surface area contributed by atoms with Crippen molar-refractivity contribution < 1.29 is 4.39 Å². The van der Waals surface area contributed by atoms with Gasteiger partial charge in [0.1, 0.15) is 11.7 Å². The third kappa shape index (κ3) is 2.08. The van der Waals surface area contributed by atoms with Gasteiger partial charge in [0.2, 0.25) is 0 Å². The summed E-state index contributed by atoms with van der Waals surface area (Å²) in [5.41, 5.74) is 0.499. The molecule has 0 atom stereocenters. The van der Waals surface area contributed by atoms with Crippen LogP contribution < -0.4 is 4.90 Å². The van der Waals surface area contributed by atoms with E-state index in [9.17, 15) is 4.39 Å². The minimum atomic E-state index is -0.257. The van der Waals surface area contributed by atoms with Crippen molar-refractivity contribution in [2.24, 2.45) is 5.92 Å². The fraction of sp³-hybridized carbons (Fsp3) is 0.462. The molecule has 1 aliphatic carbocycles. The largest absolute Gasteiger partial charge is 0.331 e. The van der Waals surface area contributed by atoms with Crippen LogP contribution in [0.25, 0.3) is 0 Å². The second-order valence-corrected chi connectivity index (χ2v) is 4.38. The van der Waals surface area contributed by atoms with Crippen molar-refractivity contribution in [3.05, 3.63) is 30.1 Å². The summed E-state index contributed by atoms with van der Waals surface area (Å²) in [6, 6.07) is 6.63. The number of rotatable bonds is 2. The Hall–Kier alpha value is -1.38. The molecule has 0 spiro atoms. The fourth-order valence-electron chi connectivity index (χ4n) is 2.33. The van der Waals surface area contributed by atoms with Crippen LogP contribution in [0.3, 0.4) is 0 Å². The molecule has 0 aromatic heterocycles. The van der Waals surface area contributed by atoms with Gasteiger partial charge in [-0.25, -0.2) is 4.39 Å². The van der Waals surface area contributed by atoms with Crippen LogP contribution in [-0.4, -0.2) is 12.9 Å². The van der Waals surface area contributed by atoms with Gasteiger partial charge in [0.25, 0.3) is 0 Å². The minimum Gasteiger partial charge on any atom is -0.331 e. The summed E-state index contributed by atoms with van der Waals surface area (Å²) >= 11 is 0. The summed E-state index contributed by atoms with van der Waals surface area (Å²) in [6.07, 6.45) is 4.52. The van der Waals surface area contributed by atoms with Crippen LogP contribution in [0.15, 0.2) is 24.3 Å². The number of halogens is 1. The SMILES string of the molecule is CN(C(=N)C1CCCC1)c1ccccc1F. The molecular formula is C13H17FN2. The normalized spacial score (nSPS) is 16.4. The Kier molecular flexibility index (Phi) is 3.22. The van der Waals surface area contributed by atoms with Gasteiger partial charge in [-0.1, -0.05) is 25.0 Å². The van der Waals surface area contributed by atoms with E-state index in [1.807, 2.05) is 0 Å². The molecule has 0 amide bonds. The summed E-state index contributed by atoms with van der Waals surface area (Å²) in [6.45, 7) is 0. The maximum atomic E-state index is 13.5. The molecule has 0 heterocycles. The van der Waals surface area contributed by atoms with E-state index in [-0.39, 0.29) is 5.82 Å². The smallest absolute Gasteiger partial charge is 0.146 e. The number of hydrogen-bond donors (Lipinski definition) is 1. The molecule has 2 rings (SSSR count). The average Bonchev–Trinajstić information content (AvgIpc) is 2.81. The molecule has 86 valence electrons. The molecule has 1 saturated carbocycles. The Morgan fingerprint density at radius 1 is 1.31 bits per heavy atom. The van der Waals surface area contributed by atoms with Crippen molar-refractivity contribution in [1.82, 2.24) is 0 Å². The lowest BCUT2D eigenvalue weighted by atomic mass is 10.1. The van der Waals surface area contributed by atoms with Gasteiger partial charge in [-0.2, -0.15) is 0 Å². The standard InChI is InChI=1S/C13H17FN2/c1-16(12-9-5-4-8-11(12)14)13(15)10-6-2-3-7-10/h4-5,8-10,15H,2-3,6-7H2,1H3. The number of anilines is 1. The van der Waals surface area contributed by atoms with Gasteiger partial charge in [-0.05, 0) is 25.0 Å². The van der Waals surface area contributed by atoms with E-state index in [1.54, 1.807) is 30.1 Å². The Morgan fingerprint density at radius 2 is 1.94 bits per heavy atom. The van der Waals surface area contributed by atoms with Crippen LogP contribution in [0.4, 0.5) is 10.1 Å². The second kappa shape index (κ2) is 4.64. The minimum absolute atomic E-state index is 0.257. The molecule has 0 aliphatic heterocycles. The molecule has 1 aliphatic rings. The first kappa shape index (κ1) is 11.1. The molecule has 0 bridgehead atoms. The van der Waals surface area contributed by atoms with Gasteiger partial charge in [0.05, 0.1) is 5.69 Å². The van der Waals surface area contributed by atoms with Crippen LogP contribution in [0.1, 0.15) is 25.7 Å². The predicted octanol–water partition coefficient (Wildman–Crippen LogP) is 3.43. The van der Waals surface area contributed by atoms with Crippen LogP contribution >= 0.6 is 0 Å². The summed E-state index contributed by atoms with van der Waals surface area (Å²) in [4.78, 5) is 1.67. The third-order valence-electron chi connectivity index (χ3n) is 3.32. The Bertz CT molecular complexity index is 383. The number of benzene rings is 1. The molecule has 2 nitrogen and oxygen atoms in total. The van der Waals surface area contributed by atoms with E-state index >= 15 is 0 Å². The van der Waals surface area contributed by atoms with Crippen molar-refractivity contribution in [2.75, 3.05) is 11.9 Å². The zero-order valence-electron chi connectivity index (χ0n) is 9.54. The van der Waals surface area contributed by atoms with Crippen LogP contribution in [-0.2, 0) is 0 Å². The number of nitrogens with zero attached hydrogens (tertiary/aromatic N) is 1. The summed E-state index contributed by atoms with van der Waals surface area (Å²) in [5.74, 6) is 0.597. The second-order valence-electron chi connectivity index (χ2n) is 4.38. The highest BCUT2D eigenvalue weighted by atomic mass is 19.1. The predicted molar refractivity (Wildman–Crippen MR) is 64.5 cm³/mol. The van der Waals surface area contributed by atoms with E-state index in [0.717, 1.165) is 12.8 Å². The van der Waals surface area contributed by atoms with Crippen molar-refractivity contribution in [3.63, 3.8) is 0 Å². The zero-order chi connectivity index (χ0) is 11.5. The Balaban J connectivity index is 2.15. The molecule has 1 fully saturated rings. The first-order chi connectivity index (χ1) is 7.70. The first-order valence-corrected chi connectivity index (χ1v) is 5.77. The van der Waals surface area contributed by atoms with Crippen molar-refractivity contribution in [2.45, 2.75) is 25.7 Å². The van der Waals surface area contributed by atoms with Gasteiger partial charge >= 0.3 is 0 Å². The Morgan fingerprint density at radius 3 is 2.56 bits per heavy atom. The first-order valence-electron chi connectivity index (χ1n) is 5.77. The number of hydrogen-bond acceptors (Lipinski definition) is 1. The monoisotopic (exact) mass is 220 g/mol. The van der Waals surface area contributed by atoms with Gasteiger partial charge in [0, 0.05) is 13.0 Å². The highest BCUT2D eigenvalue weighted by molar-refractivity contribution is 5.96. The van der Waals surface area contributed by atoms with Gasteiger partial charge < -0.3 is 4.90 Å². The average molecular weight is 220 g/mol. The molecule has 1 aromatic carbocycles. The lowest BCUT2D eigenvalue weighted by molar-refractivity contribution is 0.625. The third-order valence-corrected chi connectivity index (χ3v) is 3.32. The summed E-state index contributed by atoms with van der Waals surface area (Å²) in [7, 11) is 1.78. The number of amidine groups is 1. The molecule has 1 N–H and O–H groups in total. The van der Waals surface area contributed by atoms with Crippen LogP contribution in [0.2, 0.25) is 0 Å². The van der Waals surface area contributed by atoms with E-state index in [0.29, 0.717) is 17.4 Å². The number of nitrogens with one attached hydrogen (secondary N) is 1. The van der Waals surface area contributed by atoms with Crippen molar-refractivity contribution >= 4 is 11.5 Å². The van der Waals surface area contributed by atoms with Gasteiger partial charge in [-0.3, -0.25) is 5.41 Å². The fourth-order valence-corrected chi connectivity index (χ4v) is 2.33. The lowest BCUT2D eigenvalue weighted by Crippen LogP contribution is -2.31. The molecule has 3 heteroatoms. The quantitative estimate of drug-likeness (QED) is 0.600. The van der Waals surface area contributed by atoms with Crippen molar-refractivity contribution in [1.29, 1.82) is 5.41 Å². The summed E-state index contributed by atoms with van der Waals surface area (Å²) in [5, 5.41) is 8.09. The van der Waals surface area contributed by atoms with E-state index in [4.69, 9.17) is 5.41 Å². The van der Waals surface area contributed by atoms with Crippen LogP contribution in [0.5, 0.6) is 0 Å². The topological polar surface area (TPSA) is 27.1 Å². The maximum Gasteiger partial charge on any atom is 0.146 e. The highest BCUT2D eigenvalue weighted by Crippen LogP contribution is 2.28. The molecule has 0 radical (unpaired) electrons. The summed E-state index contributed by atoms with van der Waals surface area (Å²) < 4.78 is 13.5.